The highest BCUT2D eigenvalue weighted by atomic mass is 35.5. The lowest BCUT2D eigenvalue weighted by Gasteiger charge is -2.32. The molecular weight excluding hydrogens is 434 g/mol. The second-order valence-electron chi connectivity index (χ2n) is 9.46. The van der Waals surface area contributed by atoms with Crippen LogP contribution in [0.4, 0.5) is 5.69 Å². The van der Waals surface area contributed by atoms with Crippen molar-refractivity contribution in [2.45, 2.75) is 64.5 Å². The summed E-state index contributed by atoms with van der Waals surface area (Å²) in [6.45, 7) is 4.51. The average molecular weight is 468 g/mol. The van der Waals surface area contributed by atoms with Crippen molar-refractivity contribution in [3.63, 3.8) is 0 Å². The molecule has 2 amide bonds. The highest BCUT2D eigenvalue weighted by Gasteiger charge is 2.27. The van der Waals surface area contributed by atoms with Crippen LogP contribution in [0.25, 0.3) is 0 Å². The van der Waals surface area contributed by atoms with E-state index in [1.54, 1.807) is 18.2 Å². The van der Waals surface area contributed by atoms with E-state index in [2.05, 4.69) is 21.6 Å². The number of nitrogens with one attached hydrogen (secondary N) is 2. The predicted octanol–water partition coefficient (Wildman–Crippen LogP) is 5.56. The number of halogens is 1. The first-order valence-electron chi connectivity index (χ1n) is 12.2. The number of rotatable bonds is 6. The number of anilines is 1. The normalized spacial score (nSPS) is 18.1. The Labute approximate surface area is 201 Å². The first-order valence-corrected chi connectivity index (χ1v) is 12.6. The minimum Gasteiger partial charge on any atom is -0.353 e. The van der Waals surface area contributed by atoms with Gasteiger partial charge in [0.25, 0.3) is 5.91 Å². The Balaban J connectivity index is 1.28. The molecule has 2 N–H and O–H groups in total. The van der Waals surface area contributed by atoms with Crippen molar-refractivity contribution >= 4 is 29.1 Å². The molecule has 4 rings (SSSR count). The molecule has 176 valence electrons. The van der Waals surface area contributed by atoms with Gasteiger partial charge in [0.2, 0.25) is 5.91 Å². The van der Waals surface area contributed by atoms with E-state index in [0.29, 0.717) is 16.6 Å². The standard InChI is InChI=1S/C27H34ClN3O2/c1-19-24(11-6-12-25(19)28)27(33)30-23-10-5-7-20(17-23)18-31-15-13-21(14-16-31)26(32)29-22-8-3-2-4-9-22/h5-7,10-12,17,21-22H,2-4,8-9,13-16,18H2,1H3,(H,29,32)(H,30,33). The molecule has 1 aliphatic carbocycles. The Hall–Kier alpha value is -2.37. The second kappa shape index (κ2) is 11.2. The number of amides is 2. The maximum absolute atomic E-state index is 12.7. The monoisotopic (exact) mass is 467 g/mol. The lowest BCUT2D eigenvalue weighted by molar-refractivity contribution is -0.127. The van der Waals surface area contributed by atoms with Gasteiger partial charge in [-0.05, 0) is 81.1 Å². The summed E-state index contributed by atoms with van der Waals surface area (Å²) in [6.07, 6.45) is 7.86. The molecule has 1 aliphatic heterocycles. The van der Waals surface area contributed by atoms with Gasteiger partial charge in [0.15, 0.2) is 0 Å². The zero-order valence-corrected chi connectivity index (χ0v) is 20.2. The largest absolute Gasteiger partial charge is 0.353 e. The molecule has 2 fully saturated rings. The smallest absolute Gasteiger partial charge is 0.255 e. The van der Waals surface area contributed by atoms with Crippen molar-refractivity contribution in [2.24, 2.45) is 5.92 Å². The Morgan fingerprint density at radius 2 is 1.73 bits per heavy atom. The van der Waals surface area contributed by atoms with Gasteiger partial charge in [-0.2, -0.15) is 0 Å². The van der Waals surface area contributed by atoms with Crippen LogP contribution in [0.1, 0.15) is 66.4 Å². The van der Waals surface area contributed by atoms with Crippen molar-refractivity contribution in [2.75, 3.05) is 18.4 Å². The molecule has 1 saturated carbocycles. The molecule has 0 radical (unpaired) electrons. The van der Waals surface area contributed by atoms with Crippen molar-refractivity contribution < 1.29 is 9.59 Å². The summed E-state index contributed by atoms with van der Waals surface area (Å²) in [5, 5.41) is 6.88. The van der Waals surface area contributed by atoms with Gasteiger partial charge in [0, 0.05) is 34.8 Å². The van der Waals surface area contributed by atoms with E-state index in [9.17, 15) is 9.59 Å². The van der Waals surface area contributed by atoms with Gasteiger partial charge in [-0.15, -0.1) is 0 Å². The van der Waals surface area contributed by atoms with Gasteiger partial charge < -0.3 is 10.6 Å². The number of likely N-dealkylation sites (tertiary alicyclic amines) is 1. The third-order valence-corrected chi connectivity index (χ3v) is 7.42. The summed E-state index contributed by atoms with van der Waals surface area (Å²) in [7, 11) is 0. The lowest BCUT2D eigenvalue weighted by atomic mass is 9.92. The molecule has 2 aliphatic rings. The Bertz CT molecular complexity index is 979. The van der Waals surface area contributed by atoms with E-state index >= 15 is 0 Å². The van der Waals surface area contributed by atoms with Crippen LogP contribution in [-0.4, -0.2) is 35.8 Å². The van der Waals surface area contributed by atoms with Gasteiger partial charge in [-0.3, -0.25) is 14.5 Å². The minimum absolute atomic E-state index is 0.134. The lowest BCUT2D eigenvalue weighted by Crippen LogP contribution is -2.44. The molecule has 2 aromatic rings. The molecule has 0 atom stereocenters. The summed E-state index contributed by atoms with van der Waals surface area (Å²) in [6, 6.07) is 13.7. The number of carbonyl (C=O) groups excluding carboxylic acids is 2. The molecular formula is C27H34ClN3O2. The fraction of sp³-hybridized carbons (Fsp3) is 0.481. The molecule has 6 heteroatoms. The molecule has 33 heavy (non-hydrogen) atoms. The quantitative estimate of drug-likeness (QED) is 0.584. The average Bonchev–Trinajstić information content (AvgIpc) is 2.82. The topological polar surface area (TPSA) is 61.4 Å². The third-order valence-electron chi connectivity index (χ3n) is 7.01. The molecule has 1 heterocycles. The number of piperidine rings is 1. The van der Waals surface area contributed by atoms with Crippen LogP contribution in [0.3, 0.4) is 0 Å². The summed E-state index contributed by atoms with van der Waals surface area (Å²) >= 11 is 6.16. The molecule has 0 unspecified atom stereocenters. The predicted molar refractivity (Wildman–Crippen MR) is 134 cm³/mol. The summed E-state index contributed by atoms with van der Waals surface area (Å²) < 4.78 is 0. The number of benzene rings is 2. The molecule has 0 aromatic heterocycles. The van der Waals surface area contributed by atoms with Crippen LogP contribution < -0.4 is 10.6 Å². The second-order valence-corrected chi connectivity index (χ2v) is 9.87. The first kappa shape index (κ1) is 23.8. The Morgan fingerprint density at radius 3 is 2.48 bits per heavy atom. The van der Waals surface area contributed by atoms with Crippen LogP contribution in [-0.2, 0) is 11.3 Å². The van der Waals surface area contributed by atoms with Gasteiger partial charge >= 0.3 is 0 Å². The molecule has 5 nitrogen and oxygen atoms in total. The van der Waals surface area contributed by atoms with Crippen molar-refractivity contribution in [1.29, 1.82) is 0 Å². The van der Waals surface area contributed by atoms with E-state index in [-0.39, 0.29) is 17.7 Å². The summed E-state index contributed by atoms with van der Waals surface area (Å²) in [4.78, 5) is 27.8. The van der Waals surface area contributed by atoms with Gasteiger partial charge in [-0.25, -0.2) is 0 Å². The Kier molecular flexibility index (Phi) is 8.05. The molecule has 0 spiro atoms. The molecule has 1 saturated heterocycles. The van der Waals surface area contributed by atoms with Gasteiger partial charge in [0.1, 0.15) is 0 Å². The fourth-order valence-corrected chi connectivity index (χ4v) is 5.15. The van der Waals surface area contributed by atoms with E-state index in [0.717, 1.165) is 62.1 Å². The zero-order valence-electron chi connectivity index (χ0n) is 19.4. The maximum Gasteiger partial charge on any atom is 0.255 e. The van der Waals surface area contributed by atoms with Crippen LogP contribution in [0.2, 0.25) is 5.02 Å². The third kappa shape index (κ3) is 6.36. The molecule has 2 aromatic carbocycles. The summed E-state index contributed by atoms with van der Waals surface area (Å²) in [5.41, 5.74) is 3.30. The van der Waals surface area contributed by atoms with Crippen molar-refractivity contribution in [3.05, 3.63) is 64.2 Å². The van der Waals surface area contributed by atoms with Crippen molar-refractivity contribution in [1.82, 2.24) is 10.2 Å². The number of nitrogens with zero attached hydrogens (tertiary/aromatic N) is 1. The van der Waals surface area contributed by atoms with Crippen LogP contribution in [0.5, 0.6) is 0 Å². The van der Waals surface area contributed by atoms with Crippen molar-refractivity contribution in [3.8, 4) is 0 Å². The van der Waals surface area contributed by atoms with Crippen LogP contribution >= 0.6 is 11.6 Å². The highest BCUT2D eigenvalue weighted by Crippen LogP contribution is 2.24. The van der Waals surface area contributed by atoms with Crippen LogP contribution in [0.15, 0.2) is 42.5 Å². The van der Waals surface area contributed by atoms with Crippen LogP contribution in [0, 0.1) is 12.8 Å². The number of hydrogen-bond acceptors (Lipinski definition) is 3. The van der Waals surface area contributed by atoms with E-state index in [4.69, 9.17) is 11.6 Å². The first-order chi connectivity index (χ1) is 16.0. The van der Waals surface area contributed by atoms with E-state index in [1.165, 1.54) is 19.3 Å². The van der Waals surface area contributed by atoms with Gasteiger partial charge in [-0.1, -0.05) is 49.1 Å². The van der Waals surface area contributed by atoms with Gasteiger partial charge in [0.05, 0.1) is 0 Å². The Morgan fingerprint density at radius 1 is 1.00 bits per heavy atom. The zero-order chi connectivity index (χ0) is 23.2. The highest BCUT2D eigenvalue weighted by molar-refractivity contribution is 6.32. The number of hydrogen-bond donors (Lipinski definition) is 2. The molecule has 0 bridgehead atoms. The summed E-state index contributed by atoms with van der Waals surface area (Å²) in [5.74, 6) is 0.231. The maximum atomic E-state index is 12.7. The number of carbonyl (C=O) groups is 2. The fourth-order valence-electron chi connectivity index (χ4n) is 4.98. The SMILES string of the molecule is Cc1c(Cl)cccc1C(=O)Nc1cccc(CN2CCC(C(=O)NC3CCCCC3)CC2)c1. The minimum atomic E-state index is -0.156. The van der Waals surface area contributed by atoms with E-state index < -0.39 is 0 Å². The van der Waals surface area contributed by atoms with E-state index in [1.807, 2.05) is 25.1 Å².